The number of nitrogens with zero attached hydrogens (tertiary/aromatic N) is 4. The number of aryl methyl sites for hydroxylation is 3. The summed E-state index contributed by atoms with van der Waals surface area (Å²) in [5, 5.41) is 7.16. The molecule has 1 aliphatic heterocycles. The molecule has 3 amide bonds. The van der Waals surface area contributed by atoms with Crippen molar-refractivity contribution >= 4 is 11.9 Å². The minimum atomic E-state index is -0.451. The predicted octanol–water partition coefficient (Wildman–Crippen LogP) is 2.33. The number of amides is 3. The van der Waals surface area contributed by atoms with E-state index in [0.29, 0.717) is 26.2 Å². The Morgan fingerprint density at radius 1 is 1.18 bits per heavy atom. The molecular formula is C21H29N5O2. The first-order valence-electron chi connectivity index (χ1n) is 9.82. The van der Waals surface area contributed by atoms with Gasteiger partial charge in [-0.1, -0.05) is 29.8 Å². The smallest absolute Gasteiger partial charge is 0.318 e. The van der Waals surface area contributed by atoms with Crippen molar-refractivity contribution in [1.29, 1.82) is 0 Å². The first-order valence-corrected chi connectivity index (χ1v) is 9.82. The molecule has 0 unspecified atom stereocenters. The molecule has 0 saturated carbocycles. The van der Waals surface area contributed by atoms with Gasteiger partial charge < -0.3 is 15.1 Å². The van der Waals surface area contributed by atoms with E-state index >= 15 is 0 Å². The zero-order valence-electron chi connectivity index (χ0n) is 16.9. The van der Waals surface area contributed by atoms with Gasteiger partial charge in [0.05, 0.1) is 6.20 Å². The van der Waals surface area contributed by atoms with Gasteiger partial charge in [0, 0.05) is 38.9 Å². The van der Waals surface area contributed by atoms with Crippen molar-refractivity contribution in [1.82, 2.24) is 24.9 Å². The lowest BCUT2D eigenvalue weighted by Crippen LogP contribution is -2.59. The largest absolute Gasteiger partial charge is 0.338 e. The number of benzene rings is 1. The molecule has 1 N–H and O–H groups in total. The fraction of sp³-hybridized carbons (Fsp3) is 0.476. The molecule has 3 rings (SSSR count). The number of carbonyl (C=O) groups excluding carboxylic acids is 2. The lowest BCUT2D eigenvalue weighted by molar-refractivity contribution is -0.139. The van der Waals surface area contributed by atoms with E-state index in [1.807, 2.05) is 48.0 Å². The number of rotatable bonds is 6. The van der Waals surface area contributed by atoms with Crippen molar-refractivity contribution in [2.75, 3.05) is 19.6 Å². The summed E-state index contributed by atoms with van der Waals surface area (Å²) in [6, 6.07) is 7.58. The first-order chi connectivity index (χ1) is 13.4. The van der Waals surface area contributed by atoms with E-state index in [1.165, 1.54) is 5.56 Å². The van der Waals surface area contributed by atoms with Crippen LogP contribution in [0.4, 0.5) is 4.79 Å². The van der Waals surface area contributed by atoms with Crippen molar-refractivity contribution in [2.24, 2.45) is 0 Å². The average molecular weight is 383 g/mol. The van der Waals surface area contributed by atoms with Crippen LogP contribution < -0.4 is 5.32 Å². The summed E-state index contributed by atoms with van der Waals surface area (Å²) < 4.78 is 1.87. The number of hydrogen-bond acceptors (Lipinski definition) is 3. The van der Waals surface area contributed by atoms with Crippen LogP contribution in [0.1, 0.15) is 30.0 Å². The van der Waals surface area contributed by atoms with Crippen LogP contribution in [0.3, 0.4) is 0 Å². The van der Waals surface area contributed by atoms with E-state index in [0.717, 1.165) is 24.1 Å². The number of carbonyl (C=O) groups is 2. The SMILES string of the molecule is Cc1ccc(CN2CCN(C(=O)NCCCn3cc(C)cn3)[C@H](C)C2=O)cc1. The van der Waals surface area contributed by atoms with E-state index in [2.05, 4.69) is 22.5 Å². The van der Waals surface area contributed by atoms with E-state index in [-0.39, 0.29) is 11.9 Å². The average Bonchev–Trinajstić information content (AvgIpc) is 3.09. The quantitative estimate of drug-likeness (QED) is 0.779. The molecular weight excluding hydrogens is 354 g/mol. The molecule has 7 heteroatoms. The van der Waals surface area contributed by atoms with Gasteiger partial charge in [-0.05, 0) is 38.3 Å². The van der Waals surface area contributed by atoms with Crippen LogP contribution in [0.15, 0.2) is 36.7 Å². The van der Waals surface area contributed by atoms with Gasteiger partial charge in [-0.3, -0.25) is 9.48 Å². The number of urea groups is 1. The Kier molecular flexibility index (Phi) is 6.34. The lowest BCUT2D eigenvalue weighted by atomic mass is 10.1. The molecule has 1 aromatic carbocycles. The Hall–Kier alpha value is -2.83. The summed E-state index contributed by atoms with van der Waals surface area (Å²) in [5.41, 5.74) is 3.44. The first kappa shape index (κ1) is 19.9. The van der Waals surface area contributed by atoms with Gasteiger partial charge in [0.1, 0.15) is 6.04 Å². The van der Waals surface area contributed by atoms with Gasteiger partial charge in [-0.25, -0.2) is 4.79 Å². The van der Waals surface area contributed by atoms with Crippen molar-refractivity contribution in [2.45, 2.75) is 46.3 Å². The maximum Gasteiger partial charge on any atom is 0.318 e. The van der Waals surface area contributed by atoms with Gasteiger partial charge in [0.15, 0.2) is 0 Å². The number of hydrogen-bond donors (Lipinski definition) is 1. The van der Waals surface area contributed by atoms with Crippen LogP contribution in [0.2, 0.25) is 0 Å². The summed E-state index contributed by atoms with van der Waals surface area (Å²) in [5.74, 6) is -0.00556. The summed E-state index contributed by atoms with van der Waals surface area (Å²) in [6.07, 6.45) is 4.60. The molecule has 1 aromatic heterocycles. The van der Waals surface area contributed by atoms with E-state index < -0.39 is 6.04 Å². The standard InChI is InChI=1S/C21H29N5O2/c1-16-5-7-19(8-6-16)15-24-11-12-26(18(3)20(24)27)21(28)22-9-4-10-25-14-17(2)13-23-25/h5-8,13-14,18H,4,9-12,15H2,1-3H3,(H,22,28)/t18-/m1/s1. The van der Waals surface area contributed by atoms with Gasteiger partial charge >= 0.3 is 6.03 Å². The molecule has 1 atom stereocenters. The van der Waals surface area contributed by atoms with Crippen LogP contribution in [0.5, 0.6) is 0 Å². The predicted molar refractivity (Wildman–Crippen MR) is 108 cm³/mol. The van der Waals surface area contributed by atoms with Gasteiger partial charge in [0.25, 0.3) is 0 Å². The monoisotopic (exact) mass is 383 g/mol. The Morgan fingerprint density at radius 3 is 2.61 bits per heavy atom. The second-order valence-electron chi connectivity index (χ2n) is 7.48. The zero-order chi connectivity index (χ0) is 20.1. The normalized spacial score (nSPS) is 17.1. The van der Waals surface area contributed by atoms with Crippen LogP contribution >= 0.6 is 0 Å². The van der Waals surface area contributed by atoms with Crippen molar-refractivity contribution < 1.29 is 9.59 Å². The number of aromatic nitrogens is 2. The van der Waals surface area contributed by atoms with Crippen molar-refractivity contribution in [3.63, 3.8) is 0 Å². The third-order valence-corrected chi connectivity index (χ3v) is 5.10. The van der Waals surface area contributed by atoms with Crippen molar-refractivity contribution in [3.8, 4) is 0 Å². The highest BCUT2D eigenvalue weighted by molar-refractivity contribution is 5.88. The third kappa shape index (κ3) is 4.91. The lowest BCUT2D eigenvalue weighted by Gasteiger charge is -2.39. The minimum Gasteiger partial charge on any atom is -0.338 e. The molecule has 0 radical (unpaired) electrons. The van der Waals surface area contributed by atoms with Crippen LogP contribution in [0, 0.1) is 13.8 Å². The van der Waals surface area contributed by atoms with Crippen molar-refractivity contribution in [3.05, 3.63) is 53.3 Å². The fourth-order valence-corrected chi connectivity index (χ4v) is 3.41. The van der Waals surface area contributed by atoms with E-state index in [9.17, 15) is 9.59 Å². The highest BCUT2D eigenvalue weighted by Gasteiger charge is 2.34. The van der Waals surface area contributed by atoms with Gasteiger partial charge in [-0.2, -0.15) is 5.10 Å². The summed E-state index contributed by atoms with van der Waals surface area (Å²) in [6.45, 7) is 8.85. The molecule has 0 spiro atoms. The van der Waals surface area contributed by atoms with Gasteiger partial charge in [-0.15, -0.1) is 0 Å². The maximum absolute atomic E-state index is 12.7. The molecule has 2 aromatic rings. The molecule has 0 aliphatic carbocycles. The molecule has 2 heterocycles. The Balaban J connectivity index is 1.45. The topological polar surface area (TPSA) is 70.5 Å². The Labute approximate surface area is 166 Å². The molecule has 1 saturated heterocycles. The third-order valence-electron chi connectivity index (χ3n) is 5.10. The van der Waals surface area contributed by atoms with E-state index in [4.69, 9.17) is 0 Å². The summed E-state index contributed by atoms with van der Waals surface area (Å²) >= 11 is 0. The zero-order valence-corrected chi connectivity index (χ0v) is 16.9. The Bertz CT molecular complexity index is 814. The van der Waals surface area contributed by atoms with Crippen LogP contribution in [-0.4, -0.2) is 57.2 Å². The second kappa shape index (κ2) is 8.91. The van der Waals surface area contributed by atoms with Crippen LogP contribution in [0.25, 0.3) is 0 Å². The minimum absolute atomic E-state index is 0.00556. The highest BCUT2D eigenvalue weighted by atomic mass is 16.2. The summed E-state index contributed by atoms with van der Waals surface area (Å²) in [4.78, 5) is 28.7. The fourth-order valence-electron chi connectivity index (χ4n) is 3.41. The molecule has 0 bridgehead atoms. The Morgan fingerprint density at radius 2 is 1.93 bits per heavy atom. The molecule has 1 fully saturated rings. The molecule has 150 valence electrons. The van der Waals surface area contributed by atoms with Gasteiger partial charge in [0.2, 0.25) is 5.91 Å². The molecule has 28 heavy (non-hydrogen) atoms. The maximum atomic E-state index is 12.7. The number of piperazine rings is 1. The van der Waals surface area contributed by atoms with Crippen LogP contribution in [-0.2, 0) is 17.9 Å². The molecule has 1 aliphatic rings. The molecule has 7 nitrogen and oxygen atoms in total. The number of nitrogens with one attached hydrogen (secondary N) is 1. The summed E-state index contributed by atoms with van der Waals surface area (Å²) in [7, 11) is 0. The highest BCUT2D eigenvalue weighted by Crippen LogP contribution is 2.15. The van der Waals surface area contributed by atoms with E-state index in [1.54, 1.807) is 11.8 Å². The second-order valence-corrected chi connectivity index (χ2v) is 7.48.